The van der Waals surface area contributed by atoms with Crippen LogP contribution in [0.1, 0.15) is 39.3 Å². The molecule has 0 aliphatic carbocycles. The van der Waals surface area contributed by atoms with Crippen LogP contribution in [0.5, 0.6) is 0 Å². The number of para-hydroxylation sites is 1. The molecule has 14 heteroatoms. The van der Waals surface area contributed by atoms with E-state index < -0.39 is 63.2 Å². The number of thioether (sulfide) groups is 1. The van der Waals surface area contributed by atoms with E-state index in [0.29, 0.717) is 10.5 Å². The number of fused-ring (bicyclic) bond motifs is 1. The number of nitrogens with one attached hydrogen (secondary N) is 2. The number of β-lactam (4-membered cyclic amide) rings is 1. The molecule has 2 N–H and O–H groups in total. The van der Waals surface area contributed by atoms with Crippen LogP contribution in [-0.4, -0.2) is 62.1 Å². The SMILES string of the molecule is CC(=O)OC(C)OC(=O)[C@@H]1N2C(=O)[C@@H](NC(=O)C(NSc3ccccc3[N+](=O)[O-])c3ccccc3)[C@H]2SC1(C)C. The van der Waals surface area contributed by atoms with Crippen molar-refractivity contribution in [1.82, 2.24) is 14.9 Å². The summed E-state index contributed by atoms with van der Waals surface area (Å²) in [4.78, 5) is 63.5. The highest BCUT2D eigenvalue weighted by atomic mass is 32.2. The number of hydrogen-bond acceptors (Lipinski definition) is 11. The third-order valence-electron chi connectivity index (χ3n) is 6.32. The molecule has 4 rings (SSSR count). The molecule has 40 heavy (non-hydrogen) atoms. The molecule has 2 saturated heterocycles. The molecule has 0 bridgehead atoms. The number of benzene rings is 2. The Kier molecular flexibility index (Phi) is 8.71. The zero-order valence-electron chi connectivity index (χ0n) is 22.1. The van der Waals surface area contributed by atoms with E-state index >= 15 is 0 Å². The first-order valence-electron chi connectivity index (χ1n) is 12.3. The van der Waals surface area contributed by atoms with Crippen molar-refractivity contribution in [3.63, 3.8) is 0 Å². The second kappa shape index (κ2) is 11.9. The number of nitro benzene ring substituents is 1. The second-order valence-corrected chi connectivity index (χ2v) is 12.3. The number of carbonyl (C=O) groups is 4. The van der Waals surface area contributed by atoms with Crippen LogP contribution in [-0.2, 0) is 28.7 Å². The number of ether oxygens (including phenoxy) is 2. The molecule has 2 aromatic carbocycles. The fourth-order valence-corrected chi connectivity index (χ4v) is 7.09. The molecule has 12 nitrogen and oxygen atoms in total. The molecule has 0 radical (unpaired) electrons. The third-order valence-corrected chi connectivity index (χ3v) is 8.81. The summed E-state index contributed by atoms with van der Waals surface area (Å²) in [6.07, 6.45) is -1.12. The molecule has 0 aromatic heterocycles. The summed E-state index contributed by atoms with van der Waals surface area (Å²) in [6, 6.07) is 12.1. The van der Waals surface area contributed by atoms with Crippen LogP contribution in [0.2, 0.25) is 0 Å². The van der Waals surface area contributed by atoms with Gasteiger partial charge in [0.05, 0.1) is 4.92 Å². The first-order valence-corrected chi connectivity index (χ1v) is 14.0. The van der Waals surface area contributed by atoms with Gasteiger partial charge in [-0.1, -0.05) is 42.5 Å². The Morgan fingerprint density at radius 3 is 2.40 bits per heavy atom. The Morgan fingerprint density at radius 1 is 1.10 bits per heavy atom. The lowest BCUT2D eigenvalue weighted by molar-refractivity contribution is -0.387. The maximum Gasteiger partial charge on any atom is 0.333 e. The van der Waals surface area contributed by atoms with Crippen LogP contribution in [0.4, 0.5) is 5.69 Å². The Morgan fingerprint density at radius 2 is 1.75 bits per heavy atom. The van der Waals surface area contributed by atoms with E-state index in [-0.39, 0.29) is 5.69 Å². The summed E-state index contributed by atoms with van der Waals surface area (Å²) in [7, 11) is 0. The van der Waals surface area contributed by atoms with Crippen LogP contribution in [0, 0.1) is 10.1 Å². The van der Waals surface area contributed by atoms with E-state index in [1.165, 1.54) is 36.6 Å². The molecule has 2 heterocycles. The molecule has 0 saturated carbocycles. The van der Waals surface area contributed by atoms with Gasteiger partial charge in [0.1, 0.15) is 28.4 Å². The van der Waals surface area contributed by atoms with Gasteiger partial charge in [0, 0.05) is 24.7 Å². The highest BCUT2D eigenvalue weighted by Gasteiger charge is 2.64. The van der Waals surface area contributed by atoms with E-state index in [2.05, 4.69) is 10.0 Å². The van der Waals surface area contributed by atoms with Crippen LogP contribution in [0.15, 0.2) is 59.5 Å². The molecule has 2 aromatic rings. The summed E-state index contributed by atoms with van der Waals surface area (Å²) >= 11 is 2.30. The van der Waals surface area contributed by atoms with Gasteiger partial charge in [-0.3, -0.25) is 24.5 Å². The first kappa shape index (κ1) is 29.4. The molecule has 2 aliphatic rings. The van der Waals surface area contributed by atoms with Gasteiger partial charge in [0.2, 0.25) is 18.1 Å². The standard InChI is InChI=1S/C26H28N4O8S2/c1-14(31)37-15(2)38-25(34)21-26(3,4)39-24-20(23(33)29(21)24)27-22(32)19(16-10-6-5-7-11-16)28-40-18-13-9-8-12-17(18)30(35)36/h5-13,15,19-21,24,28H,1-4H3,(H,27,32)/t15?,19?,20-,21+,24-/m1/s1. The maximum atomic E-state index is 13.5. The normalized spacial score (nSPS) is 22.4. The minimum Gasteiger partial charge on any atom is -0.426 e. The Labute approximate surface area is 238 Å². The molecule has 212 valence electrons. The average molecular weight is 589 g/mol. The number of esters is 2. The zero-order chi connectivity index (χ0) is 29.2. The number of nitro groups is 1. The lowest BCUT2D eigenvalue weighted by atomic mass is 9.95. The number of nitrogens with zero attached hydrogens (tertiary/aromatic N) is 2. The van der Waals surface area contributed by atoms with Crippen molar-refractivity contribution in [2.24, 2.45) is 0 Å². The monoisotopic (exact) mass is 588 g/mol. The summed E-state index contributed by atoms with van der Waals surface area (Å²) in [5.41, 5.74) is 0.484. The van der Waals surface area contributed by atoms with Gasteiger partial charge in [-0.25, -0.2) is 9.52 Å². The highest BCUT2D eigenvalue weighted by molar-refractivity contribution is 8.01. The lowest BCUT2D eigenvalue weighted by Gasteiger charge is -2.44. The second-order valence-electron chi connectivity index (χ2n) is 9.65. The molecule has 2 fully saturated rings. The van der Waals surface area contributed by atoms with Gasteiger partial charge in [-0.15, -0.1) is 11.8 Å². The number of rotatable bonds is 10. The Balaban J connectivity index is 1.48. The van der Waals surface area contributed by atoms with Gasteiger partial charge < -0.3 is 19.7 Å². The Bertz CT molecular complexity index is 1320. The average Bonchev–Trinajstić information content (AvgIpc) is 3.15. The van der Waals surface area contributed by atoms with Gasteiger partial charge in [-0.05, 0) is 37.4 Å². The van der Waals surface area contributed by atoms with Gasteiger partial charge in [0.25, 0.3) is 5.69 Å². The lowest BCUT2D eigenvalue weighted by Crippen LogP contribution is -2.71. The molecule has 2 aliphatic heterocycles. The zero-order valence-corrected chi connectivity index (χ0v) is 23.7. The molecular formula is C26H28N4O8S2. The van der Waals surface area contributed by atoms with Crippen LogP contribution < -0.4 is 10.0 Å². The predicted octanol–water partition coefficient (Wildman–Crippen LogP) is 2.93. The molecule has 0 spiro atoms. The van der Waals surface area contributed by atoms with Crippen LogP contribution in [0.25, 0.3) is 0 Å². The van der Waals surface area contributed by atoms with E-state index in [1.54, 1.807) is 62.4 Å². The third kappa shape index (κ3) is 6.08. The van der Waals surface area contributed by atoms with Crippen molar-refractivity contribution in [3.05, 3.63) is 70.3 Å². The van der Waals surface area contributed by atoms with Gasteiger partial charge in [-0.2, -0.15) is 0 Å². The van der Waals surface area contributed by atoms with Crippen LogP contribution in [0.3, 0.4) is 0 Å². The van der Waals surface area contributed by atoms with Crippen molar-refractivity contribution in [2.45, 2.75) is 67.1 Å². The predicted molar refractivity (Wildman–Crippen MR) is 147 cm³/mol. The topological polar surface area (TPSA) is 157 Å². The van der Waals surface area contributed by atoms with E-state index in [9.17, 15) is 29.3 Å². The maximum absolute atomic E-state index is 13.5. The molecular weight excluding hydrogens is 560 g/mol. The largest absolute Gasteiger partial charge is 0.426 e. The minimum atomic E-state index is -1.12. The highest BCUT2D eigenvalue weighted by Crippen LogP contribution is 2.51. The number of carbonyl (C=O) groups excluding carboxylic acids is 4. The summed E-state index contributed by atoms with van der Waals surface area (Å²) in [5, 5.41) is 13.7. The smallest absolute Gasteiger partial charge is 0.333 e. The van der Waals surface area contributed by atoms with Crippen molar-refractivity contribution in [1.29, 1.82) is 0 Å². The van der Waals surface area contributed by atoms with Gasteiger partial charge in [0.15, 0.2) is 0 Å². The van der Waals surface area contributed by atoms with E-state index in [4.69, 9.17) is 9.47 Å². The first-order chi connectivity index (χ1) is 18.9. The molecule has 2 unspecified atom stereocenters. The summed E-state index contributed by atoms with van der Waals surface area (Å²) in [5.74, 6) is -2.28. The minimum absolute atomic E-state index is 0.109. The van der Waals surface area contributed by atoms with Crippen molar-refractivity contribution < 1.29 is 33.6 Å². The Hall–Kier alpha value is -3.62. The number of hydrogen-bond donors (Lipinski definition) is 2. The van der Waals surface area contributed by atoms with E-state index in [1.807, 2.05) is 0 Å². The fourth-order valence-electron chi connectivity index (χ4n) is 4.58. The summed E-state index contributed by atoms with van der Waals surface area (Å²) in [6.45, 7) is 6.19. The number of amides is 2. The van der Waals surface area contributed by atoms with Gasteiger partial charge >= 0.3 is 11.9 Å². The fraction of sp³-hybridized carbons (Fsp3) is 0.385. The quantitative estimate of drug-likeness (QED) is 0.105. The summed E-state index contributed by atoms with van der Waals surface area (Å²) < 4.78 is 12.4. The molecule has 2 amide bonds. The van der Waals surface area contributed by atoms with E-state index in [0.717, 1.165) is 11.9 Å². The van der Waals surface area contributed by atoms with Crippen molar-refractivity contribution >= 4 is 53.2 Å². The van der Waals surface area contributed by atoms with Crippen molar-refractivity contribution in [3.8, 4) is 0 Å². The molecule has 5 atom stereocenters. The van der Waals surface area contributed by atoms with Crippen LogP contribution >= 0.6 is 23.7 Å². The van der Waals surface area contributed by atoms with Crippen molar-refractivity contribution in [2.75, 3.05) is 0 Å².